The van der Waals surface area contributed by atoms with Crippen molar-refractivity contribution < 1.29 is 18.7 Å². The van der Waals surface area contributed by atoms with Crippen molar-refractivity contribution in [3.05, 3.63) is 131 Å². The van der Waals surface area contributed by atoms with Crippen LogP contribution in [0.1, 0.15) is 22.3 Å². The van der Waals surface area contributed by atoms with Gasteiger partial charge in [-0.3, -0.25) is 4.79 Å². The summed E-state index contributed by atoms with van der Waals surface area (Å²) in [6, 6.07) is 30.4. The molecule has 0 aliphatic heterocycles. The van der Waals surface area contributed by atoms with Crippen molar-refractivity contribution in [3.63, 3.8) is 0 Å². The first-order valence-corrected chi connectivity index (χ1v) is 11.7. The van der Waals surface area contributed by atoms with E-state index in [1.54, 1.807) is 49.6 Å². The van der Waals surface area contributed by atoms with Crippen LogP contribution in [0.15, 0.2) is 103 Å². The molecule has 0 bridgehead atoms. The van der Waals surface area contributed by atoms with Crippen molar-refractivity contribution in [2.24, 2.45) is 0 Å². The van der Waals surface area contributed by atoms with Gasteiger partial charge in [0.05, 0.1) is 7.11 Å². The van der Waals surface area contributed by atoms with Crippen molar-refractivity contribution in [3.8, 4) is 17.6 Å². The summed E-state index contributed by atoms with van der Waals surface area (Å²) in [7, 11) is 1.56. The summed E-state index contributed by atoms with van der Waals surface area (Å²) in [6.07, 6.45) is 1.94. The number of nitrogens with one attached hydrogen (secondary N) is 1. The molecule has 0 fully saturated rings. The first kappa shape index (κ1) is 25.2. The topological polar surface area (TPSA) is 71.3 Å². The van der Waals surface area contributed by atoms with Crippen LogP contribution in [0, 0.1) is 17.1 Å². The molecule has 0 aliphatic rings. The van der Waals surface area contributed by atoms with Gasteiger partial charge in [-0.1, -0.05) is 48.5 Å². The molecule has 0 heterocycles. The molecule has 5 nitrogen and oxygen atoms in total. The van der Waals surface area contributed by atoms with E-state index in [2.05, 4.69) is 5.32 Å². The molecule has 0 unspecified atom stereocenters. The van der Waals surface area contributed by atoms with Gasteiger partial charge in [0.2, 0.25) is 0 Å². The molecule has 4 rings (SSSR count). The van der Waals surface area contributed by atoms with Crippen molar-refractivity contribution >= 4 is 17.7 Å². The zero-order chi connectivity index (χ0) is 26.0. The number of nitriles is 1. The molecule has 1 N–H and O–H groups in total. The van der Waals surface area contributed by atoms with Crippen LogP contribution in [0.2, 0.25) is 0 Å². The zero-order valence-electron chi connectivity index (χ0n) is 20.3. The lowest BCUT2D eigenvalue weighted by Gasteiger charge is -2.11. The molecular formula is C31H25FN2O3. The number of rotatable bonds is 9. The Morgan fingerprint density at radius 3 is 2.35 bits per heavy atom. The molecule has 1 amide bonds. The standard InChI is InChI=1S/C31H25FN2O3/c1-36-30-13-10-24(25(19-30)16-23-8-5-9-27(32)17-23)18-26(20-33)31(35)34-28-11-14-29(15-12-28)37-21-22-6-3-2-4-7-22/h2-15,17-19H,16,21H2,1H3,(H,34,35)/b26-18+. The van der Waals surface area contributed by atoms with Crippen molar-refractivity contribution in [1.29, 1.82) is 5.26 Å². The number of ether oxygens (including phenoxy) is 2. The third kappa shape index (κ3) is 7.06. The van der Waals surface area contributed by atoms with Crippen LogP contribution in [-0.4, -0.2) is 13.0 Å². The molecule has 4 aromatic rings. The molecule has 0 aliphatic carbocycles. The molecule has 184 valence electrons. The number of anilines is 1. The van der Waals surface area contributed by atoms with Gasteiger partial charge >= 0.3 is 0 Å². The smallest absolute Gasteiger partial charge is 0.266 e. The molecule has 0 radical (unpaired) electrons. The van der Waals surface area contributed by atoms with Gasteiger partial charge in [-0.25, -0.2) is 4.39 Å². The molecular weight excluding hydrogens is 467 g/mol. The highest BCUT2D eigenvalue weighted by atomic mass is 19.1. The lowest BCUT2D eigenvalue weighted by molar-refractivity contribution is -0.112. The summed E-state index contributed by atoms with van der Waals surface area (Å²) >= 11 is 0. The summed E-state index contributed by atoms with van der Waals surface area (Å²) in [5, 5.41) is 12.5. The highest BCUT2D eigenvalue weighted by Crippen LogP contribution is 2.24. The van der Waals surface area contributed by atoms with Crippen molar-refractivity contribution in [2.45, 2.75) is 13.0 Å². The summed E-state index contributed by atoms with van der Waals surface area (Å²) in [5.41, 5.74) is 3.76. The van der Waals surface area contributed by atoms with Gasteiger partial charge in [-0.05, 0) is 83.3 Å². The second-order valence-corrected chi connectivity index (χ2v) is 8.29. The molecule has 4 aromatic carbocycles. The van der Waals surface area contributed by atoms with E-state index in [9.17, 15) is 14.4 Å². The highest BCUT2D eigenvalue weighted by Gasteiger charge is 2.12. The van der Waals surface area contributed by atoms with Crippen LogP contribution >= 0.6 is 0 Å². The number of benzene rings is 4. The Morgan fingerprint density at radius 1 is 0.919 bits per heavy atom. The van der Waals surface area contributed by atoms with Gasteiger partial charge < -0.3 is 14.8 Å². The number of hydrogen-bond donors (Lipinski definition) is 1. The zero-order valence-corrected chi connectivity index (χ0v) is 20.3. The van der Waals surface area contributed by atoms with Crippen LogP contribution in [-0.2, 0) is 17.8 Å². The summed E-state index contributed by atoms with van der Waals surface area (Å²) in [5.74, 6) is 0.429. The Bertz CT molecular complexity index is 1440. The maximum Gasteiger partial charge on any atom is 0.266 e. The SMILES string of the molecule is COc1ccc(/C=C(\C#N)C(=O)Nc2ccc(OCc3ccccc3)cc2)c(Cc2cccc(F)c2)c1. The average molecular weight is 493 g/mol. The van der Waals surface area contributed by atoms with E-state index in [1.165, 1.54) is 18.2 Å². The van der Waals surface area contributed by atoms with E-state index in [0.29, 0.717) is 35.8 Å². The van der Waals surface area contributed by atoms with Gasteiger partial charge in [0.15, 0.2) is 0 Å². The monoisotopic (exact) mass is 492 g/mol. The molecule has 0 spiro atoms. The summed E-state index contributed by atoms with van der Waals surface area (Å²) in [6.45, 7) is 0.438. The second kappa shape index (κ2) is 12.2. The normalized spacial score (nSPS) is 10.9. The number of halogens is 1. The number of methoxy groups -OCH3 is 1. The Kier molecular flexibility index (Phi) is 8.30. The first-order chi connectivity index (χ1) is 18.0. The lowest BCUT2D eigenvalue weighted by Crippen LogP contribution is -2.13. The minimum Gasteiger partial charge on any atom is -0.497 e. The molecule has 0 atom stereocenters. The van der Waals surface area contributed by atoms with E-state index in [0.717, 1.165) is 16.7 Å². The predicted octanol–water partition coefficient (Wildman–Crippen LogP) is 6.55. The van der Waals surface area contributed by atoms with Crippen molar-refractivity contribution in [2.75, 3.05) is 12.4 Å². The Morgan fingerprint density at radius 2 is 1.65 bits per heavy atom. The quantitative estimate of drug-likeness (QED) is 0.212. The Hall–Kier alpha value is -4.89. The molecule has 0 saturated heterocycles. The van der Waals surface area contributed by atoms with E-state index in [-0.39, 0.29) is 11.4 Å². The van der Waals surface area contributed by atoms with Crippen molar-refractivity contribution in [1.82, 2.24) is 0 Å². The third-order valence-corrected chi connectivity index (χ3v) is 5.66. The van der Waals surface area contributed by atoms with E-state index in [1.807, 2.05) is 48.5 Å². The second-order valence-electron chi connectivity index (χ2n) is 8.29. The number of amides is 1. The molecule has 0 saturated carbocycles. The van der Waals surface area contributed by atoms with Gasteiger partial charge in [-0.15, -0.1) is 0 Å². The van der Waals surface area contributed by atoms with Crippen LogP contribution in [0.5, 0.6) is 11.5 Å². The van der Waals surface area contributed by atoms with Gasteiger partial charge in [-0.2, -0.15) is 5.26 Å². The average Bonchev–Trinajstić information content (AvgIpc) is 2.92. The fourth-order valence-electron chi connectivity index (χ4n) is 3.75. The minimum absolute atomic E-state index is 0.0601. The van der Waals surface area contributed by atoms with Gasteiger partial charge in [0, 0.05) is 5.69 Å². The van der Waals surface area contributed by atoms with Crippen LogP contribution in [0.25, 0.3) is 6.08 Å². The van der Waals surface area contributed by atoms with Crippen LogP contribution < -0.4 is 14.8 Å². The molecule has 6 heteroatoms. The fraction of sp³-hybridized carbons (Fsp3) is 0.0968. The maximum absolute atomic E-state index is 13.7. The number of nitrogens with zero attached hydrogens (tertiary/aromatic N) is 1. The number of hydrogen-bond acceptors (Lipinski definition) is 4. The molecule has 0 aromatic heterocycles. The largest absolute Gasteiger partial charge is 0.497 e. The van der Waals surface area contributed by atoms with E-state index in [4.69, 9.17) is 9.47 Å². The third-order valence-electron chi connectivity index (χ3n) is 5.66. The molecule has 37 heavy (non-hydrogen) atoms. The Balaban J connectivity index is 1.48. The number of carbonyl (C=O) groups is 1. The number of carbonyl (C=O) groups excluding carboxylic acids is 1. The fourth-order valence-corrected chi connectivity index (χ4v) is 3.75. The van der Waals surface area contributed by atoms with Gasteiger partial charge in [0.1, 0.15) is 35.6 Å². The predicted molar refractivity (Wildman–Crippen MR) is 142 cm³/mol. The summed E-state index contributed by atoms with van der Waals surface area (Å²) < 4.78 is 24.8. The highest BCUT2D eigenvalue weighted by molar-refractivity contribution is 6.09. The minimum atomic E-state index is -0.534. The first-order valence-electron chi connectivity index (χ1n) is 11.7. The Labute approximate surface area is 215 Å². The summed E-state index contributed by atoms with van der Waals surface area (Å²) in [4.78, 5) is 12.9. The van der Waals surface area contributed by atoms with Crippen LogP contribution in [0.3, 0.4) is 0 Å². The maximum atomic E-state index is 13.7. The van der Waals surface area contributed by atoms with E-state index < -0.39 is 5.91 Å². The lowest BCUT2D eigenvalue weighted by atomic mass is 9.97. The van der Waals surface area contributed by atoms with E-state index >= 15 is 0 Å². The van der Waals surface area contributed by atoms with Crippen LogP contribution in [0.4, 0.5) is 10.1 Å². The van der Waals surface area contributed by atoms with Gasteiger partial charge in [0.25, 0.3) is 5.91 Å².